The van der Waals surface area contributed by atoms with Crippen LogP contribution in [0.1, 0.15) is 24.5 Å². The predicted molar refractivity (Wildman–Crippen MR) is 60.3 cm³/mol. The molecule has 90 valence electrons. The molecule has 1 aromatic carbocycles. The van der Waals surface area contributed by atoms with Gasteiger partial charge in [-0.1, -0.05) is 12.1 Å². The number of aliphatic hydroxyl groups is 3. The minimum atomic E-state index is -0.543. The SMILES string of the molecule is OCCC[C@@H](O)c1ccc(OCCO)cc1. The Labute approximate surface area is 95.1 Å². The van der Waals surface area contributed by atoms with E-state index in [1.165, 1.54) is 0 Å². The molecular weight excluding hydrogens is 208 g/mol. The summed E-state index contributed by atoms with van der Waals surface area (Å²) in [5.74, 6) is 0.673. The van der Waals surface area contributed by atoms with Crippen LogP contribution in [0, 0.1) is 0 Å². The molecule has 4 nitrogen and oxygen atoms in total. The van der Waals surface area contributed by atoms with Gasteiger partial charge in [0, 0.05) is 6.61 Å². The van der Waals surface area contributed by atoms with E-state index >= 15 is 0 Å². The van der Waals surface area contributed by atoms with Crippen LogP contribution < -0.4 is 4.74 Å². The number of benzene rings is 1. The topological polar surface area (TPSA) is 69.9 Å². The Morgan fingerprint density at radius 3 is 2.31 bits per heavy atom. The largest absolute Gasteiger partial charge is 0.491 e. The third-order valence-corrected chi connectivity index (χ3v) is 2.26. The van der Waals surface area contributed by atoms with Gasteiger partial charge in [0.05, 0.1) is 12.7 Å². The maximum absolute atomic E-state index is 9.73. The number of hydrogen-bond donors (Lipinski definition) is 3. The number of hydrogen-bond acceptors (Lipinski definition) is 4. The molecule has 1 aromatic rings. The molecule has 0 aliphatic carbocycles. The molecule has 1 atom stereocenters. The van der Waals surface area contributed by atoms with Crippen molar-refractivity contribution in [2.75, 3.05) is 19.8 Å². The van der Waals surface area contributed by atoms with E-state index in [0.29, 0.717) is 18.6 Å². The summed E-state index contributed by atoms with van der Waals surface area (Å²) in [6, 6.07) is 7.09. The molecule has 0 saturated heterocycles. The fourth-order valence-corrected chi connectivity index (χ4v) is 1.40. The lowest BCUT2D eigenvalue weighted by Gasteiger charge is -2.11. The highest BCUT2D eigenvalue weighted by Crippen LogP contribution is 2.21. The summed E-state index contributed by atoms with van der Waals surface area (Å²) >= 11 is 0. The first-order valence-electron chi connectivity index (χ1n) is 5.40. The van der Waals surface area contributed by atoms with Gasteiger partial charge < -0.3 is 20.1 Å². The van der Waals surface area contributed by atoms with E-state index < -0.39 is 6.10 Å². The lowest BCUT2D eigenvalue weighted by Crippen LogP contribution is -2.02. The number of ether oxygens (including phenoxy) is 1. The van der Waals surface area contributed by atoms with Crippen molar-refractivity contribution in [2.24, 2.45) is 0 Å². The van der Waals surface area contributed by atoms with Crippen molar-refractivity contribution in [3.05, 3.63) is 29.8 Å². The fourth-order valence-electron chi connectivity index (χ4n) is 1.40. The molecule has 0 aliphatic heterocycles. The normalized spacial score (nSPS) is 12.4. The second-order valence-corrected chi connectivity index (χ2v) is 3.52. The quantitative estimate of drug-likeness (QED) is 0.645. The van der Waals surface area contributed by atoms with E-state index in [0.717, 1.165) is 5.56 Å². The number of aliphatic hydroxyl groups excluding tert-OH is 3. The van der Waals surface area contributed by atoms with Crippen LogP contribution in [0.3, 0.4) is 0 Å². The van der Waals surface area contributed by atoms with Crippen LogP contribution >= 0.6 is 0 Å². The Morgan fingerprint density at radius 1 is 1.06 bits per heavy atom. The molecule has 3 N–H and O–H groups in total. The van der Waals surface area contributed by atoms with Crippen molar-refractivity contribution in [2.45, 2.75) is 18.9 Å². The molecule has 4 heteroatoms. The fraction of sp³-hybridized carbons (Fsp3) is 0.500. The van der Waals surface area contributed by atoms with E-state index in [2.05, 4.69) is 0 Å². The summed E-state index contributed by atoms with van der Waals surface area (Å²) in [7, 11) is 0. The van der Waals surface area contributed by atoms with E-state index in [1.54, 1.807) is 24.3 Å². The Balaban J connectivity index is 2.49. The zero-order valence-electron chi connectivity index (χ0n) is 9.17. The van der Waals surface area contributed by atoms with Crippen molar-refractivity contribution >= 4 is 0 Å². The van der Waals surface area contributed by atoms with Gasteiger partial charge in [-0.2, -0.15) is 0 Å². The Kier molecular flexibility index (Phi) is 5.85. The van der Waals surface area contributed by atoms with Gasteiger partial charge in [-0.15, -0.1) is 0 Å². The molecule has 0 saturated carbocycles. The van der Waals surface area contributed by atoms with Crippen molar-refractivity contribution in [3.63, 3.8) is 0 Å². The van der Waals surface area contributed by atoms with Gasteiger partial charge in [-0.25, -0.2) is 0 Å². The zero-order chi connectivity index (χ0) is 11.8. The van der Waals surface area contributed by atoms with Gasteiger partial charge in [0.2, 0.25) is 0 Å². The first kappa shape index (κ1) is 13.0. The van der Waals surface area contributed by atoms with Crippen LogP contribution in [-0.4, -0.2) is 35.1 Å². The molecule has 16 heavy (non-hydrogen) atoms. The van der Waals surface area contributed by atoms with Crippen LogP contribution in [0.5, 0.6) is 5.75 Å². The average Bonchev–Trinajstić information content (AvgIpc) is 2.34. The molecular formula is C12H18O4. The second-order valence-electron chi connectivity index (χ2n) is 3.52. The first-order valence-corrected chi connectivity index (χ1v) is 5.40. The molecule has 0 aliphatic rings. The molecule has 0 spiro atoms. The third-order valence-electron chi connectivity index (χ3n) is 2.26. The zero-order valence-corrected chi connectivity index (χ0v) is 9.17. The maximum atomic E-state index is 9.73. The highest BCUT2D eigenvalue weighted by molar-refractivity contribution is 5.28. The van der Waals surface area contributed by atoms with Crippen LogP contribution in [0.2, 0.25) is 0 Å². The Morgan fingerprint density at radius 2 is 1.75 bits per heavy atom. The van der Waals surface area contributed by atoms with E-state index in [4.69, 9.17) is 14.9 Å². The summed E-state index contributed by atoms with van der Waals surface area (Å²) in [4.78, 5) is 0. The Hall–Kier alpha value is -1.10. The summed E-state index contributed by atoms with van der Waals surface area (Å²) in [6.07, 6.45) is 0.594. The number of rotatable bonds is 7. The molecule has 0 aromatic heterocycles. The summed E-state index contributed by atoms with van der Waals surface area (Å²) in [6.45, 7) is 0.349. The van der Waals surface area contributed by atoms with Gasteiger partial charge in [0.15, 0.2) is 0 Å². The molecule has 0 bridgehead atoms. The van der Waals surface area contributed by atoms with Crippen molar-refractivity contribution in [1.82, 2.24) is 0 Å². The van der Waals surface area contributed by atoms with Gasteiger partial charge in [-0.3, -0.25) is 0 Å². The van der Waals surface area contributed by atoms with E-state index in [1.807, 2.05) is 0 Å². The average molecular weight is 226 g/mol. The van der Waals surface area contributed by atoms with E-state index in [-0.39, 0.29) is 19.8 Å². The maximum Gasteiger partial charge on any atom is 0.119 e. The van der Waals surface area contributed by atoms with Crippen molar-refractivity contribution < 1.29 is 20.1 Å². The molecule has 1 rings (SSSR count). The highest BCUT2D eigenvalue weighted by Gasteiger charge is 2.06. The minimum Gasteiger partial charge on any atom is -0.491 e. The summed E-state index contributed by atoms with van der Waals surface area (Å²) in [5, 5.41) is 27.0. The van der Waals surface area contributed by atoms with Crippen molar-refractivity contribution in [3.8, 4) is 5.75 Å². The van der Waals surface area contributed by atoms with Crippen LogP contribution in [0.25, 0.3) is 0 Å². The first-order chi connectivity index (χ1) is 7.77. The van der Waals surface area contributed by atoms with Crippen molar-refractivity contribution in [1.29, 1.82) is 0 Å². The lowest BCUT2D eigenvalue weighted by atomic mass is 10.1. The summed E-state index contributed by atoms with van der Waals surface area (Å²) in [5.41, 5.74) is 0.810. The van der Waals surface area contributed by atoms with Crippen LogP contribution in [0.15, 0.2) is 24.3 Å². The third kappa shape index (κ3) is 4.18. The van der Waals surface area contributed by atoms with Crippen LogP contribution in [0.4, 0.5) is 0 Å². The standard InChI is InChI=1S/C12H18O4/c13-7-1-2-12(15)10-3-5-11(6-4-10)16-9-8-14/h3-6,12-15H,1-2,7-9H2/t12-/m1/s1. The van der Waals surface area contributed by atoms with Gasteiger partial charge in [0.25, 0.3) is 0 Å². The van der Waals surface area contributed by atoms with Crippen LogP contribution in [-0.2, 0) is 0 Å². The minimum absolute atomic E-state index is 0.0130. The van der Waals surface area contributed by atoms with Gasteiger partial charge in [0.1, 0.15) is 12.4 Å². The monoisotopic (exact) mass is 226 g/mol. The molecule has 0 radical (unpaired) electrons. The van der Waals surface area contributed by atoms with E-state index in [9.17, 15) is 5.11 Å². The second kappa shape index (κ2) is 7.22. The predicted octanol–water partition coefficient (Wildman–Crippen LogP) is 0.864. The van der Waals surface area contributed by atoms with Gasteiger partial charge in [-0.05, 0) is 30.5 Å². The highest BCUT2D eigenvalue weighted by atomic mass is 16.5. The Bertz CT molecular complexity index is 284. The molecule has 0 heterocycles. The lowest BCUT2D eigenvalue weighted by molar-refractivity contribution is 0.151. The smallest absolute Gasteiger partial charge is 0.119 e. The van der Waals surface area contributed by atoms with Gasteiger partial charge >= 0.3 is 0 Å². The summed E-state index contributed by atoms with van der Waals surface area (Å²) < 4.78 is 5.20. The molecule has 0 amide bonds. The molecule has 0 fully saturated rings. The molecule has 0 unspecified atom stereocenters.